The summed E-state index contributed by atoms with van der Waals surface area (Å²) in [6, 6.07) is 0. The fraction of sp³-hybridized carbons (Fsp3) is 0.769. The Morgan fingerprint density at radius 1 is 0.957 bits per heavy atom. The van der Waals surface area contributed by atoms with Crippen LogP contribution in [-0.4, -0.2) is 50.9 Å². The van der Waals surface area contributed by atoms with Crippen molar-refractivity contribution >= 4 is 39.9 Å². The number of carbonyl (C=O) groups excluding carboxylic acids is 1. The summed E-state index contributed by atoms with van der Waals surface area (Å²) >= 11 is 0. The number of hydrogen-bond donors (Lipinski definition) is 2. The summed E-state index contributed by atoms with van der Waals surface area (Å²) in [6.45, 7) is 20.7. The SMILES string of the molecule is C=C(C)C(=O)NC[Si](C)(C)O[Si](C)(C)O[Si](C)(C)O[Si](C)(C)O. The lowest BCUT2D eigenvalue weighted by Gasteiger charge is -2.39. The molecule has 1 amide bonds. The monoisotopic (exact) mass is 395 g/mol. The number of amides is 1. The molecule has 0 rings (SSSR count). The van der Waals surface area contributed by atoms with Crippen molar-refractivity contribution in [2.24, 2.45) is 0 Å². The van der Waals surface area contributed by atoms with Gasteiger partial charge in [-0.05, 0) is 59.3 Å². The average Bonchev–Trinajstić information content (AvgIpc) is 2.18. The van der Waals surface area contributed by atoms with Crippen molar-refractivity contribution in [1.82, 2.24) is 5.32 Å². The Labute approximate surface area is 145 Å². The summed E-state index contributed by atoms with van der Waals surface area (Å²) in [5.74, 6) is -0.152. The molecule has 0 aliphatic heterocycles. The molecule has 2 N–H and O–H groups in total. The number of carbonyl (C=O) groups is 1. The van der Waals surface area contributed by atoms with Crippen LogP contribution in [0.4, 0.5) is 0 Å². The van der Waals surface area contributed by atoms with Crippen molar-refractivity contribution in [3.8, 4) is 0 Å². The largest absolute Gasteiger partial charge is 0.435 e. The molecule has 0 spiro atoms. The molecule has 6 nitrogen and oxygen atoms in total. The van der Waals surface area contributed by atoms with Gasteiger partial charge in [0.05, 0.1) is 0 Å². The van der Waals surface area contributed by atoms with Gasteiger partial charge in [-0.1, -0.05) is 6.58 Å². The lowest BCUT2D eigenvalue weighted by Crippen LogP contribution is -2.58. The highest BCUT2D eigenvalue weighted by Crippen LogP contribution is 2.22. The third kappa shape index (κ3) is 11.2. The summed E-state index contributed by atoms with van der Waals surface area (Å²) in [4.78, 5) is 21.6. The van der Waals surface area contributed by atoms with Crippen LogP contribution in [0.15, 0.2) is 12.2 Å². The second-order valence-corrected chi connectivity index (χ2v) is 22.6. The normalized spacial score (nSPS) is 13.8. The third-order valence-electron chi connectivity index (χ3n) is 2.57. The van der Waals surface area contributed by atoms with Crippen LogP contribution >= 0.6 is 0 Å². The van der Waals surface area contributed by atoms with Gasteiger partial charge in [0.2, 0.25) is 5.91 Å². The molecule has 0 aromatic rings. The highest BCUT2D eigenvalue weighted by Gasteiger charge is 2.43. The van der Waals surface area contributed by atoms with Gasteiger partial charge in [-0.15, -0.1) is 0 Å². The highest BCUT2D eigenvalue weighted by molar-refractivity contribution is 6.88. The van der Waals surface area contributed by atoms with Crippen molar-refractivity contribution < 1.29 is 21.9 Å². The minimum atomic E-state index is -2.65. The van der Waals surface area contributed by atoms with Crippen LogP contribution < -0.4 is 5.32 Å². The van der Waals surface area contributed by atoms with E-state index in [0.29, 0.717) is 11.7 Å². The summed E-state index contributed by atoms with van der Waals surface area (Å²) in [6.07, 6.45) is 0.502. The predicted octanol–water partition coefficient (Wildman–Crippen LogP) is 2.57. The summed E-state index contributed by atoms with van der Waals surface area (Å²) in [5.41, 5.74) is 0.486. The second-order valence-electron chi connectivity index (χ2n) is 7.78. The lowest BCUT2D eigenvalue weighted by molar-refractivity contribution is -0.117. The predicted molar refractivity (Wildman–Crippen MR) is 103 cm³/mol. The van der Waals surface area contributed by atoms with Crippen LogP contribution in [0.3, 0.4) is 0 Å². The number of nitrogens with one attached hydrogen (secondary N) is 1. The molecule has 0 heterocycles. The summed E-state index contributed by atoms with van der Waals surface area (Å²) < 4.78 is 18.3. The summed E-state index contributed by atoms with van der Waals surface area (Å²) in [5, 5.41) is 2.86. The Balaban J connectivity index is 4.76. The van der Waals surface area contributed by atoms with Crippen LogP contribution in [0.1, 0.15) is 6.92 Å². The molecule has 0 aliphatic rings. The minimum Gasteiger partial charge on any atom is -0.435 e. The maximum absolute atomic E-state index is 11.6. The highest BCUT2D eigenvalue weighted by atomic mass is 28.5. The Morgan fingerprint density at radius 2 is 1.39 bits per heavy atom. The first-order valence-corrected chi connectivity index (χ1v) is 19.3. The molecule has 23 heavy (non-hydrogen) atoms. The topological polar surface area (TPSA) is 77.0 Å². The zero-order chi connectivity index (χ0) is 18.7. The molecule has 0 saturated heterocycles. The van der Waals surface area contributed by atoms with E-state index in [1.165, 1.54) is 0 Å². The van der Waals surface area contributed by atoms with E-state index < -0.39 is 34.0 Å². The molecule has 136 valence electrons. The van der Waals surface area contributed by atoms with E-state index in [0.717, 1.165) is 0 Å². The molecule has 0 saturated carbocycles. The molecule has 0 bridgehead atoms. The standard InChI is InChI=1S/C13H33NO5Si4/c1-12(2)13(15)14-11-20(3,4)17-22(7,8)19-23(9,10)18-21(5,6)16/h16H,1,11H2,2-10H3,(H,14,15). The molecular weight excluding hydrogens is 362 g/mol. The Morgan fingerprint density at radius 3 is 1.78 bits per heavy atom. The molecule has 0 aromatic carbocycles. The first kappa shape index (κ1) is 22.9. The van der Waals surface area contributed by atoms with Crippen LogP contribution in [0.5, 0.6) is 0 Å². The maximum atomic E-state index is 11.6. The van der Waals surface area contributed by atoms with Gasteiger partial charge in [0.25, 0.3) is 0 Å². The van der Waals surface area contributed by atoms with Gasteiger partial charge in [-0.3, -0.25) is 4.79 Å². The van der Waals surface area contributed by atoms with Crippen molar-refractivity contribution in [2.75, 3.05) is 6.17 Å². The van der Waals surface area contributed by atoms with Crippen LogP contribution in [0.2, 0.25) is 52.4 Å². The molecule has 0 aliphatic carbocycles. The zero-order valence-corrected chi connectivity index (χ0v) is 20.0. The molecule has 10 heteroatoms. The van der Waals surface area contributed by atoms with Gasteiger partial charge in [0.15, 0.2) is 8.32 Å². The lowest BCUT2D eigenvalue weighted by atomic mass is 10.3. The van der Waals surface area contributed by atoms with E-state index in [1.54, 1.807) is 20.0 Å². The summed E-state index contributed by atoms with van der Waals surface area (Å²) in [7, 11) is -9.68. The maximum Gasteiger partial charge on any atom is 0.320 e. The Kier molecular flexibility index (Phi) is 7.84. The van der Waals surface area contributed by atoms with Gasteiger partial charge in [-0.25, -0.2) is 0 Å². The van der Waals surface area contributed by atoms with E-state index in [-0.39, 0.29) is 5.91 Å². The first-order chi connectivity index (χ1) is 9.95. The van der Waals surface area contributed by atoms with Gasteiger partial charge in [-0.2, -0.15) is 0 Å². The Hall–Kier alpha value is -0.0825. The van der Waals surface area contributed by atoms with Crippen LogP contribution in [-0.2, 0) is 17.1 Å². The van der Waals surface area contributed by atoms with Gasteiger partial charge in [0.1, 0.15) is 0 Å². The molecule has 0 unspecified atom stereocenters. The second kappa shape index (κ2) is 7.87. The average molecular weight is 396 g/mol. The van der Waals surface area contributed by atoms with Gasteiger partial charge in [0, 0.05) is 11.7 Å². The van der Waals surface area contributed by atoms with Crippen molar-refractivity contribution in [3.63, 3.8) is 0 Å². The quantitative estimate of drug-likeness (QED) is 0.463. The van der Waals surface area contributed by atoms with Crippen molar-refractivity contribution in [2.45, 2.75) is 59.3 Å². The molecule has 0 fully saturated rings. The van der Waals surface area contributed by atoms with Crippen molar-refractivity contribution in [3.05, 3.63) is 12.2 Å². The first-order valence-electron chi connectivity index (χ1n) is 7.71. The zero-order valence-electron chi connectivity index (χ0n) is 16.0. The van der Waals surface area contributed by atoms with E-state index in [2.05, 4.69) is 11.9 Å². The molecule has 0 aromatic heterocycles. The van der Waals surface area contributed by atoms with E-state index in [1.807, 2.05) is 39.3 Å². The van der Waals surface area contributed by atoms with E-state index >= 15 is 0 Å². The number of rotatable bonds is 9. The molecule has 0 atom stereocenters. The van der Waals surface area contributed by atoms with Crippen molar-refractivity contribution in [1.29, 1.82) is 0 Å². The van der Waals surface area contributed by atoms with E-state index in [4.69, 9.17) is 12.3 Å². The molecule has 0 radical (unpaired) electrons. The fourth-order valence-electron chi connectivity index (χ4n) is 2.38. The molecular formula is C13H33NO5Si4. The van der Waals surface area contributed by atoms with Gasteiger partial charge < -0.3 is 22.5 Å². The third-order valence-corrected chi connectivity index (χ3v) is 15.7. The smallest absolute Gasteiger partial charge is 0.320 e. The van der Waals surface area contributed by atoms with Crippen LogP contribution in [0.25, 0.3) is 0 Å². The van der Waals surface area contributed by atoms with Crippen LogP contribution in [0, 0.1) is 0 Å². The fourth-order valence-corrected chi connectivity index (χ4v) is 19.2. The number of hydrogen-bond acceptors (Lipinski definition) is 5. The minimum absolute atomic E-state index is 0.152. The Bertz CT molecular complexity index is 446. The van der Waals surface area contributed by atoms with E-state index in [9.17, 15) is 9.59 Å². The van der Waals surface area contributed by atoms with Gasteiger partial charge >= 0.3 is 25.7 Å².